The van der Waals surface area contributed by atoms with E-state index in [1.807, 2.05) is 30.3 Å². The molecule has 1 unspecified atom stereocenters. The van der Waals surface area contributed by atoms with Crippen molar-refractivity contribution >= 4 is 95.4 Å². The van der Waals surface area contributed by atoms with Gasteiger partial charge in [0.2, 0.25) is 0 Å². The standard InChI is InChI=1S/C36H18Cl2N2O4/c37-17-1-5-19(6-2-17)39-33(41)25-13-9-21-23-11-15-27-32-28(36(44)40(35(27)43)20-7-3-18(38)4-8-20)16-12-24(30(23)32)22-10-14-26(34(39)42)31(25)29(21)22/h1-16,33,41H. The first-order valence-electron chi connectivity index (χ1n) is 13.9. The van der Waals surface area contributed by atoms with E-state index in [1.165, 1.54) is 9.80 Å². The fraction of sp³-hybridized carbons (Fsp3) is 0.0278. The van der Waals surface area contributed by atoms with E-state index in [4.69, 9.17) is 23.2 Å². The van der Waals surface area contributed by atoms with Crippen LogP contribution in [0, 0.1) is 0 Å². The molecule has 210 valence electrons. The van der Waals surface area contributed by atoms with Gasteiger partial charge in [-0.2, -0.15) is 0 Å². The maximum Gasteiger partial charge on any atom is 0.265 e. The summed E-state index contributed by atoms with van der Waals surface area (Å²) in [5.74, 6) is -1.12. The number of rotatable bonds is 2. The molecule has 2 aliphatic rings. The number of benzene rings is 7. The fourth-order valence-electron chi connectivity index (χ4n) is 7.06. The number of hydrogen-bond acceptors (Lipinski definition) is 4. The lowest BCUT2D eigenvalue weighted by atomic mass is 9.82. The van der Waals surface area contributed by atoms with E-state index in [-0.39, 0.29) is 5.91 Å². The Balaban J connectivity index is 1.31. The van der Waals surface area contributed by atoms with Gasteiger partial charge in [0.25, 0.3) is 17.7 Å². The summed E-state index contributed by atoms with van der Waals surface area (Å²) >= 11 is 12.1. The Morgan fingerprint density at radius 1 is 0.477 bits per heavy atom. The SMILES string of the molecule is O=C1c2ccc3c4ccc5c6c(ccc(c7ccc(c2c37)C(=O)N1c1ccc(Cl)cc1)c64)C(O)N(c1ccc(Cl)cc1)C5=O. The molecule has 0 aliphatic carbocycles. The molecule has 6 nitrogen and oxygen atoms in total. The van der Waals surface area contributed by atoms with Crippen LogP contribution in [0.2, 0.25) is 10.0 Å². The topological polar surface area (TPSA) is 77.9 Å². The van der Waals surface area contributed by atoms with E-state index in [9.17, 15) is 19.5 Å². The van der Waals surface area contributed by atoms with E-state index in [0.29, 0.717) is 54.4 Å². The van der Waals surface area contributed by atoms with Gasteiger partial charge in [0.05, 0.1) is 5.69 Å². The van der Waals surface area contributed by atoms with Crippen molar-refractivity contribution in [2.24, 2.45) is 0 Å². The summed E-state index contributed by atoms with van der Waals surface area (Å²) in [4.78, 5) is 44.1. The van der Waals surface area contributed by atoms with Crippen LogP contribution in [-0.2, 0) is 0 Å². The van der Waals surface area contributed by atoms with E-state index in [0.717, 1.165) is 32.3 Å². The lowest BCUT2D eigenvalue weighted by molar-refractivity contribution is 0.0872. The predicted octanol–water partition coefficient (Wildman–Crippen LogP) is 8.50. The molecule has 7 aromatic rings. The molecule has 0 spiro atoms. The summed E-state index contributed by atoms with van der Waals surface area (Å²) in [7, 11) is 0. The molecular formula is C36H18Cl2N2O4. The fourth-order valence-corrected chi connectivity index (χ4v) is 7.32. The van der Waals surface area contributed by atoms with E-state index in [1.54, 1.807) is 66.7 Å². The Hall–Kier alpha value is -5.01. The molecule has 2 aliphatic heterocycles. The average Bonchev–Trinajstić information content (AvgIpc) is 3.03. The predicted molar refractivity (Wildman–Crippen MR) is 173 cm³/mol. The lowest BCUT2D eigenvalue weighted by Gasteiger charge is -2.34. The molecule has 0 bridgehead atoms. The third kappa shape index (κ3) is 3.17. The molecule has 44 heavy (non-hydrogen) atoms. The number of carbonyl (C=O) groups is 3. The van der Waals surface area contributed by atoms with Crippen LogP contribution in [0.5, 0.6) is 0 Å². The number of nitrogens with zero attached hydrogens (tertiary/aromatic N) is 2. The highest BCUT2D eigenvalue weighted by atomic mass is 35.5. The Morgan fingerprint density at radius 2 is 0.909 bits per heavy atom. The highest BCUT2D eigenvalue weighted by Gasteiger charge is 2.37. The van der Waals surface area contributed by atoms with Gasteiger partial charge in [-0.05, 0) is 99.0 Å². The van der Waals surface area contributed by atoms with Crippen molar-refractivity contribution in [2.75, 3.05) is 9.80 Å². The van der Waals surface area contributed by atoms with Crippen molar-refractivity contribution in [1.29, 1.82) is 0 Å². The lowest BCUT2D eigenvalue weighted by Crippen LogP contribution is -2.40. The van der Waals surface area contributed by atoms with Gasteiger partial charge in [-0.1, -0.05) is 53.5 Å². The third-order valence-corrected chi connectivity index (χ3v) is 9.47. The first kappa shape index (κ1) is 25.5. The highest BCUT2D eigenvalue weighted by molar-refractivity contribution is 6.43. The third-order valence-electron chi connectivity index (χ3n) is 8.96. The summed E-state index contributed by atoms with van der Waals surface area (Å²) in [6.45, 7) is 0. The first-order chi connectivity index (χ1) is 21.3. The average molecular weight is 613 g/mol. The van der Waals surface area contributed by atoms with Crippen LogP contribution >= 0.6 is 23.2 Å². The molecule has 8 heteroatoms. The van der Waals surface area contributed by atoms with Crippen LogP contribution < -0.4 is 9.80 Å². The number of hydrogen-bond donors (Lipinski definition) is 1. The molecule has 7 aromatic carbocycles. The normalized spacial score (nSPS) is 16.3. The number of aliphatic hydroxyl groups excluding tert-OH is 1. The summed E-state index contributed by atoms with van der Waals surface area (Å²) in [6.07, 6.45) is -1.20. The first-order valence-corrected chi connectivity index (χ1v) is 14.7. The molecule has 2 heterocycles. The van der Waals surface area contributed by atoms with Crippen molar-refractivity contribution in [2.45, 2.75) is 6.23 Å². The minimum Gasteiger partial charge on any atom is -0.369 e. The monoisotopic (exact) mass is 612 g/mol. The second kappa shape index (κ2) is 8.77. The minimum absolute atomic E-state index is 0.314. The van der Waals surface area contributed by atoms with Gasteiger partial charge in [-0.3, -0.25) is 19.3 Å². The largest absolute Gasteiger partial charge is 0.369 e. The van der Waals surface area contributed by atoms with Gasteiger partial charge in [-0.15, -0.1) is 0 Å². The molecule has 0 saturated heterocycles. The quantitative estimate of drug-likeness (QED) is 0.121. The summed E-state index contributed by atoms with van der Waals surface area (Å²) in [5.41, 5.74) is 2.97. The molecule has 0 saturated carbocycles. The van der Waals surface area contributed by atoms with Crippen LogP contribution in [0.15, 0.2) is 97.1 Å². The maximum atomic E-state index is 13.9. The van der Waals surface area contributed by atoms with Gasteiger partial charge < -0.3 is 5.11 Å². The van der Waals surface area contributed by atoms with Crippen LogP contribution in [0.4, 0.5) is 11.4 Å². The Morgan fingerprint density at radius 3 is 1.43 bits per heavy atom. The number of fused-ring (bicyclic) bond motifs is 2. The molecule has 9 rings (SSSR count). The summed E-state index contributed by atoms with van der Waals surface area (Å²) in [6, 6.07) is 28.3. The Bertz CT molecular complexity index is 2370. The van der Waals surface area contributed by atoms with Crippen molar-refractivity contribution in [3.05, 3.63) is 129 Å². The number of carbonyl (C=O) groups excluding carboxylic acids is 3. The molecule has 1 atom stereocenters. The second-order valence-electron chi connectivity index (χ2n) is 11.1. The zero-order chi connectivity index (χ0) is 30.0. The van der Waals surface area contributed by atoms with Crippen molar-refractivity contribution in [1.82, 2.24) is 0 Å². The molecule has 1 N–H and O–H groups in total. The van der Waals surface area contributed by atoms with Crippen LogP contribution in [0.1, 0.15) is 42.9 Å². The van der Waals surface area contributed by atoms with E-state index < -0.39 is 18.0 Å². The van der Waals surface area contributed by atoms with Crippen molar-refractivity contribution in [3.63, 3.8) is 0 Å². The van der Waals surface area contributed by atoms with Crippen LogP contribution in [0.25, 0.3) is 43.1 Å². The highest BCUT2D eigenvalue weighted by Crippen LogP contribution is 2.48. The maximum absolute atomic E-state index is 13.9. The number of aliphatic hydroxyl groups is 1. The molecule has 0 fully saturated rings. The summed E-state index contributed by atoms with van der Waals surface area (Å²) in [5, 5.41) is 19.0. The van der Waals surface area contributed by atoms with Crippen molar-refractivity contribution in [3.8, 4) is 0 Å². The number of anilines is 2. The van der Waals surface area contributed by atoms with Crippen LogP contribution in [0.3, 0.4) is 0 Å². The van der Waals surface area contributed by atoms with Crippen molar-refractivity contribution < 1.29 is 19.5 Å². The molecule has 0 aromatic heterocycles. The number of amides is 3. The van der Waals surface area contributed by atoms with Gasteiger partial charge in [0, 0.05) is 48.8 Å². The second-order valence-corrected chi connectivity index (χ2v) is 12.0. The minimum atomic E-state index is -1.20. The van der Waals surface area contributed by atoms with Gasteiger partial charge >= 0.3 is 0 Å². The molecule has 0 radical (unpaired) electrons. The zero-order valence-electron chi connectivity index (χ0n) is 22.6. The molecule has 3 amide bonds. The Labute approximate surface area is 259 Å². The zero-order valence-corrected chi connectivity index (χ0v) is 24.1. The number of imide groups is 1. The number of halogens is 2. The molecular weight excluding hydrogens is 595 g/mol. The van der Waals surface area contributed by atoms with Gasteiger partial charge in [0.1, 0.15) is 0 Å². The van der Waals surface area contributed by atoms with Gasteiger partial charge in [0.15, 0.2) is 6.23 Å². The van der Waals surface area contributed by atoms with Gasteiger partial charge in [-0.25, -0.2) is 4.90 Å². The smallest absolute Gasteiger partial charge is 0.265 e. The summed E-state index contributed by atoms with van der Waals surface area (Å²) < 4.78 is 0. The van der Waals surface area contributed by atoms with E-state index >= 15 is 0 Å². The Kier molecular flexibility index (Phi) is 5.08. The van der Waals surface area contributed by atoms with E-state index in [2.05, 4.69) is 0 Å². The van der Waals surface area contributed by atoms with Crippen LogP contribution in [-0.4, -0.2) is 22.8 Å².